The Morgan fingerprint density at radius 1 is 1.43 bits per heavy atom. The second-order valence-corrected chi connectivity index (χ2v) is 6.09. The molecule has 0 bridgehead atoms. The summed E-state index contributed by atoms with van der Waals surface area (Å²) in [6.45, 7) is 2.30. The van der Waals surface area contributed by atoms with Crippen LogP contribution in [0.5, 0.6) is 0 Å². The van der Waals surface area contributed by atoms with Gasteiger partial charge >= 0.3 is 0 Å². The Kier molecular flexibility index (Phi) is 6.00. The molecule has 1 N–H and O–H groups in total. The highest BCUT2D eigenvalue weighted by Gasteiger charge is 2.18. The van der Waals surface area contributed by atoms with E-state index in [0.717, 1.165) is 32.4 Å². The number of nitrogens with zero attached hydrogens (tertiary/aromatic N) is 1. The third-order valence-electron chi connectivity index (χ3n) is 4.11. The molecule has 0 aromatic heterocycles. The number of carbonyl (C=O) groups excluding carboxylic acids is 1. The van der Waals surface area contributed by atoms with Gasteiger partial charge in [-0.2, -0.15) is 0 Å². The number of halogens is 2. The van der Waals surface area contributed by atoms with Crippen LogP contribution in [0.1, 0.15) is 31.2 Å². The number of hydrogen-bond donors (Lipinski definition) is 1. The second kappa shape index (κ2) is 7.76. The molecule has 1 amide bonds. The molecule has 1 heterocycles. The Morgan fingerprint density at radius 3 is 2.81 bits per heavy atom. The Balaban J connectivity index is 1.84. The van der Waals surface area contributed by atoms with E-state index < -0.39 is 0 Å². The summed E-state index contributed by atoms with van der Waals surface area (Å²) in [6.07, 6.45) is 3.70. The zero-order valence-electron chi connectivity index (χ0n) is 12.4. The van der Waals surface area contributed by atoms with Gasteiger partial charge in [0.2, 0.25) is 5.91 Å². The average molecular weight is 313 g/mol. The standard InChI is InChI=1S/C16H22ClFN2O/c1-20(11-13-14(17)3-2-4-15(13)18)16(21)6-5-12-7-9-19-10-8-12/h2-4,12,19H,5-11H2,1H3. The van der Waals surface area contributed by atoms with Crippen molar-refractivity contribution in [2.45, 2.75) is 32.2 Å². The third kappa shape index (κ3) is 4.68. The van der Waals surface area contributed by atoms with Crippen LogP contribution >= 0.6 is 11.6 Å². The normalized spacial score (nSPS) is 16.0. The highest BCUT2D eigenvalue weighted by molar-refractivity contribution is 6.31. The molecule has 5 heteroatoms. The van der Waals surface area contributed by atoms with Gasteiger partial charge in [0.15, 0.2) is 0 Å². The quantitative estimate of drug-likeness (QED) is 0.905. The van der Waals surface area contributed by atoms with Crippen LogP contribution in [0.15, 0.2) is 18.2 Å². The molecule has 0 unspecified atom stereocenters. The molecule has 1 aromatic carbocycles. The predicted octanol–water partition coefficient (Wildman–Crippen LogP) is 3.22. The van der Waals surface area contributed by atoms with Gasteiger partial charge in [-0.3, -0.25) is 4.79 Å². The van der Waals surface area contributed by atoms with Crippen LogP contribution in [0, 0.1) is 11.7 Å². The molecule has 1 aliphatic heterocycles. The zero-order chi connectivity index (χ0) is 15.2. The van der Waals surface area contributed by atoms with Crippen LogP contribution in [0.4, 0.5) is 4.39 Å². The molecule has 1 aliphatic rings. The van der Waals surface area contributed by atoms with E-state index in [9.17, 15) is 9.18 Å². The van der Waals surface area contributed by atoms with E-state index in [2.05, 4.69) is 5.32 Å². The van der Waals surface area contributed by atoms with Gasteiger partial charge in [-0.1, -0.05) is 17.7 Å². The molecule has 1 saturated heterocycles. The molecule has 3 nitrogen and oxygen atoms in total. The van der Waals surface area contributed by atoms with Crippen LogP contribution in [-0.2, 0) is 11.3 Å². The molecule has 0 aliphatic carbocycles. The molecule has 21 heavy (non-hydrogen) atoms. The van der Waals surface area contributed by atoms with Crippen LogP contribution in [0.3, 0.4) is 0 Å². The molecule has 0 saturated carbocycles. The van der Waals surface area contributed by atoms with Gasteiger partial charge in [0.1, 0.15) is 5.82 Å². The maximum atomic E-state index is 13.7. The van der Waals surface area contributed by atoms with Crippen molar-refractivity contribution < 1.29 is 9.18 Å². The van der Waals surface area contributed by atoms with Gasteiger partial charge in [0.25, 0.3) is 0 Å². The summed E-state index contributed by atoms with van der Waals surface area (Å²) in [7, 11) is 1.70. The third-order valence-corrected chi connectivity index (χ3v) is 4.46. The van der Waals surface area contributed by atoms with Crippen molar-refractivity contribution in [1.29, 1.82) is 0 Å². The first-order valence-corrected chi connectivity index (χ1v) is 7.83. The van der Waals surface area contributed by atoms with Gasteiger partial charge in [0, 0.05) is 30.6 Å². The number of piperidine rings is 1. The summed E-state index contributed by atoms with van der Waals surface area (Å²) in [5, 5.41) is 3.69. The fourth-order valence-corrected chi connectivity index (χ4v) is 2.92. The minimum Gasteiger partial charge on any atom is -0.341 e. The van der Waals surface area contributed by atoms with Crippen LogP contribution < -0.4 is 5.32 Å². The molecule has 1 fully saturated rings. The average Bonchev–Trinajstić information content (AvgIpc) is 2.49. The molecule has 116 valence electrons. The van der Waals surface area contributed by atoms with Gasteiger partial charge in [-0.25, -0.2) is 4.39 Å². The summed E-state index contributed by atoms with van der Waals surface area (Å²) >= 11 is 5.99. The molecule has 2 rings (SSSR count). The Morgan fingerprint density at radius 2 is 2.14 bits per heavy atom. The fraction of sp³-hybridized carbons (Fsp3) is 0.562. The maximum absolute atomic E-state index is 13.7. The smallest absolute Gasteiger partial charge is 0.222 e. The summed E-state index contributed by atoms with van der Waals surface area (Å²) in [5.41, 5.74) is 0.386. The lowest BCUT2D eigenvalue weighted by Crippen LogP contribution is -2.30. The molecule has 0 radical (unpaired) electrons. The number of hydrogen-bond acceptors (Lipinski definition) is 2. The molecule has 1 aromatic rings. The second-order valence-electron chi connectivity index (χ2n) is 5.68. The lowest BCUT2D eigenvalue weighted by molar-refractivity contribution is -0.130. The summed E-state index contributed by atoms with van der Waals surface area (Å²) < 4.78 is 13.7. The van der Waals surface area contributed by atoms with Crippen molar-refractivity contribution in [3.8, 4) is 0 Å². The Hall–Kier alpha value is -1.13. The SMILES string of the molecule is CN(Cc1c(F)cccc1Cl)C(=O)CCC1CCNCC1. The summed E-state index contributed by atoms with van der Waals surface area (Å²) in [4.78, 5) is 13.7. The summed E-state index contributed by atoms with van der Waals surface area (Å²) in [5.74, 6) is 0.314. The number of benzene rings is 1. The van der Waals surface area contributed by atoms with Gasteiger partial charge in [-0.05, 0) is 50.4 Å². The lowest BCUT2D eigenvalue weighted by atomic mass is 9.93. The molecule has 0 atom stereocenters. The Bertz CT molecular complexity index is 469. The fourth-order valence-electron chi connectivity index (χ4n) is 2.70. The van der Waals surface area contributed by atoms with Crippen molar-refractivity contribution in [3.63, 3.8) is 0 Å². The van der Waals surface area contributed by atoms with Crippen molar-refractivity contribution >= 4 is 17.5 Å². The zero-order valence-corrected chi connectivity index (χ0v) is 13.1. The molecular weight excluding hydrogens is 291 g/mol. The molecular formula is C16H22ClFN2O. The van der Waals surface area contributed by atoms with Crippen LogP contribution in [-0.4, -0.2) is 30.9 Å². The monoisotopic (exact) mass is 312 g/mol. The van der Waals surface area contributed by atoms with E-state index in [4.69, 9.17) is 11.6 Å². The number of carbonyl (C=O) groups is 1. The van der Waals surface area contributed by atoms with Crippen molar-refractivity contribution in [2.75, 3.05) is 20.1 Å². The number of nitrogens with one attached hydrogen (secondary N) is 1. The van der Waals surface area contributed by atoms with Gasteiger partial charge in [-0.15, -0.1) is 0 Å². The highest BCUT2D eigenvalue weighted by atomic mass is 35.5. The number of rotatable bonds is 5. The topological polar surface area (TPSA) is 32.3 Å². The first-order valence-electron chi connectivity index (χ1n) is 7.45. The lowest BCUT2D eigenvalue weighted by Gasteiger charge is -2.24. The summed E-state index contributed by atoms with van der Waals surface area (Å²) in [6, 6.07) is 4.59. The van der Waals surface area contributed by atoms with E-state index in [-0.39, 0.29) is 18.3 Å². The highest BCUT2D eigenvalue weighted by Crippen LogP contribution is 2.22. The van der Waals surface area contributed by atoms with Gasteiger partial charge < -0.3 is 10.2 Å². The van der Waals surface area contributed by atoms with E-state index >= 15 is 0 Å². The first kappa shape index (κ1) is 16.2. The largest absolute Gasteiger partial charge is 0.341 e. The van der Waals surface area contributed by atoms with E-state index in [1.807, 2.05) is 0 Å². The van der Waals surface area contributed by atoms with Crippen molar-refractivity contribution in [1.82, 2.24) is 10.2 Å². The van der Waals surface area contributed by atoms with Crippen LogP contribution in [0.25, 0.3) is 0 Å². The predicted molar refractivity (Wildman–Crippen MR) is 82.7 cm³/mol. The van der Waals surface area contributed by atoms with Gasteiger partial charge in [0.05, 0.1) is 0 Å². The Labute approximate surface area is 130 Å². The van der Waals surface area contributed by atoms with Crippen LogP contribution in [0.2, 0.25) is 5.02 Å². The number of amides is 1. The van der Waals surface area contributed by atoms with Crippen molar-refractivity contribution in [2.24, 2.45) is 5.92 Å². The minimum atomic E-state index is -0.361. The first-order chi connectivity index (χ1) is 10.1. The molecule has 0 spiro atoms. The van der Waals surface area contributed by atoms with Crippen molar-refractivity contribution in [3.05, 3.63) is 34.6 Å². The maximum Gasteiger partial charge on any atom is 0.222 e. The van der Waals surface area contributed by atoms with E-state index in [1.165, 1.54) is 6.07 Å². The minimum absolute atomic E-state index is 0.0489. The van der Waals surface area contributed by atoms with E-state index in [0.29, 0.717) is 22.9 Å². The van der Waals surface area contributed by atoms with E-state index in [1.54, 1.807) is 24.1 Å².